The highest BCUT2D eigenvalue weighted by atomic mass is 28.4. The highest BCUT2D eigenvalue weighted by molar-refractivity contribution is 6.74. The molecule has 0 radical (unpaired) electrons. The van der Waals surface area contributed by atoms with Crippen molar-refractivity contribution in [2.75, 3.05) is 6.61 Å². The lowest BCUT2D eigenvalue weighted by Crippen LogP contribution is -2.43. The maximum absolute atomic E-state index is 9.50. The van der Waals surface area contributed by atoms with Crippen LogP contribution in [0.25, 0.3) is 11.3 Å². The van der Waals surface area contributed by atoms with Gasteiger partial charge in [0, 0.05) is 11.6 Å². The predicted molar refractivity (Wildman–Crippen MR) is 97.8 cm³/mol. The van der Waals surface area contributed by atoms with Crippen LogP contribution in [0.1, 0.15) is 39.4 Å². The van der Waals surface area contributed by atoms with Gasteiger partial charge in [-0.05, 0) is 55.2 Å². The van der Waals surface area contributed by atoms with Crippen molar-refractivity contribution in [2.45, 2.75) is 57.2 Å². The Bertz CT molecular complexity index is 709. The minimum atomic E-state index is -1.82. The molecule has 130 valence electrons. The van der Waals surface area contributed by atoms with Crippen LogP contribution < -0.4 is 4.43 Å². The molecule has 1 aromatic carbocycles. The number of aliphatic hydroxyl groups is 1. The van der Waals surface area contributed by atoms with Crippen molar-refractivity contribution < 1.29 is 14.1 Å². The van der Waals surface area contributed by atoms with E-state index in [1.54, 1.807) is 0 Å². The Balaban J connectivity index is 1.76. The zero-order valence-corrected chi connectivity index (χ0v) is 16.2. The molecule has 0 saturated heterocycles. The zero-order chi connectivity index (χ0) is 17.6. The molecule has 1 heterocycles. The maximum Gasteiger partial charge on any atom is 0.250 e. The second-order valence-electron chi connectivity index (χ2n) is 8.40. The molecule has 1 saturated carbocycles. The predicted octanol–water partition coefficient (Wildman–Crippen LogP) is 4.75. The summed E-state index contributed by atoms with van der Waals surface area (Å²) in [4.78, 5) is 0. The molecule has 0 aliphatic heterocycles. The maximum atomic E-state index is 9.50. The summed E-state index contributed by atoms with van der Waals surface area (Å²) in [7, 11) is -1.82. The molecule has 0 spiro atoms. The molecular weight excluding hydrogens is 318 g/mol. The van der Waals surface area contributed by atoms with E-state index in [2.05, 4.69) is 39.0 Å². The molecule has 0 bridgehead atoms. The Labute approximate surface area is 145 Å². The summed E-state index contributed by atoms with van der Waals surface area (Å²) in [6, 6.07) is 9.99. The average Bonchev–Trinajstić information content (AvgIpc) is 3.16. The highest BCUT2D eigenvalue weighted by Crippen LogP contribution is 2.48. The molecule has 4 nitrogen and oxygen atoms in total. The molecule has 2 aromatic rings. The second kappa shape index (κ2) is 5.74. The minimum absolute atomic E-state index is 0.126. The third kappa shape index (κ3) is 3.15. The number of aromatic nitrogens is 1. The Morgan fingerprint density at radius 3 is 2.33 bits per heavy atom. The normalized spacial score (nSPS) is 16.9. The molecular formula is C19H27NO3Si. The molecule has 0 atom stereocenters. The van der Waals surface area contributed by atoms with E-state index in [1.165, 1.54) is 0 Å². The summed E-state index contributed by atoms with van der Waals surface area (Å²) in [6.45, 7) is 11.3. The molecule has 1 fully saturated rings. The van der Waals surface area contributed by atoms with Gasteiger partial charge in [0.05, 0.1) is 12.0 Å². The van der Waals surface area contributed by atoms with Gasteiger partial charge in [0.15, 0.2) is 0 Å². The van der Waals surface area contributed by atoms with E-state index in [9.17, 15) is 5.11 Å². The van der Waals surface area contributed by atoms with Crippen LogP contribution in [0.2, 0.25) is 18.1 Å². The molecule has 1 aromatic heterocycles. The van der Waals surface area contributed by atoms with E-state index in [4.69, 9.17) is 8.95 Å². The van der Waals surface area contributed by atoms with Gasteiger partial charge in [-0.2, -0.15) is 0 Å². The van der Waals surface area contributed by atoms with Crippen molar-refractivity contribution in [3.63, 3.8) is 0 Å². The fourth-order valence-corrected chi connectivity index (χ4v) is 3.47. The van der Waals surface area contributed by atoms with Crippen LogP contribution in [-0.2, 0) is 5.41 Å². The summed E-state index contributed by atoms with van der Waals surface area (Å²) in [6.07, 6.45) is 1.94. The van der Waals surface area contributed by atoms with E-state index in [0.29, 0.717) is 0 Å². The Morgan fingerprint density at radius 1 is 1.21 bits per heavy atom. The first-order valence-electron chi connectivity index (χ1n) is 8.54. The van der Waals surface area contributed by atoms with Gasteiger partial charge < -0.3 is 14.1 Å². The van der Waals surface area contributed by atoms with Crippen molar-refractivity contribution in [3.8, 4) is 17.0 Å². The molecule has 1 aliphatic rings. The van der Waals surface area contributed by atoms with Crippen LogP contribution in [-0.4, -0.2) is 25.2 Å². The molecule has 1 N–H and O–H groups in total. The number of benzene rings is 1. The lowest BCUT2D eigenvalue weighted by molar-refractivity contribution is 0.226. The Kier molecular flexibility index (Phi) is 4.12. The standard InChI is InChI=1S/C19H27NO3Si/c1-18(2,3)24(4,5)23-15-8-6-14(7-9-15)16-12-17(22-20-16)19(13-21)10-11-19/h6-9,12,21H,10-11,13H2,1-5H3. The zero-order valence-electron chi connectivity index (χ0n) is 15.2. The monoisotopic (exact) mass is 345 g/mol. The Morgan fingerprint density at radius 2 is 1.83 bits per heavy atom. The summed E-state index contributed by atoms with van der Waals surface area (Å²) < 4.78 is 11.8. The fraction of sp³-hybridized carbons (Fsp3) is 0.526. The first-order valence-corrected chi connectivity index (χ1v) is 11.5. The lowest BCUT2D eigenvalue weighted by atomic mass is 10.0. The highest BCUT2D eigenvalue weighted by Gasteiger charge is 2.47. The van der Waals surface area contributed by atoms with Crippen LogP contribution in [0, 0.1) is 0 Å². The van der Waals surface area contributed by atoms with Gasteiger partial charge in [-0.15, -0.1) is 0 Å². The molecule has 0 unspecified atom stereocenters. The third-order valence-corrected chi connectivity index (χ3v) is 9.88. The molecule has 5 heteroatoms. The van der Waals surface area contributed by atoms with Gasteiger partial charge in [0.25, 0.3) is 0 Å². The van der Waals surface area contributed by atoms with Crippen LogP contribution in [0.5, 0.6) is 5.75 Å². The van der Waals surface area contributed by atoms with Crippen LogP contribution in [0.4, 0.5) is 0 Å². The molecule has 24 heavy (non-hydrogen) atoms. The smallest absolute Gasteiger partial charge is 0.250 e. The number of nitrogens with zero attached hydrogens (tertiary/aromatic N) is 1. The Hall–Kier alpha value is -1.59. The number of aliphatic hydroxyl groups excluding tert-OH is 1. The van der Waals surface area contributed by atoms with E-state index >= 15 is 0 Å². The summed E-state index contributed by atoms with van der Waals surface area (Å²) >= 11 is 0. The molecule has 3 rings (SSSR count). The van der Waals surface area contributed by atoms with Crippen molar-refractivity contribution in [3.05, 3.63) is 36.1 Å². The number of rotatable bonds is 5. The molecule has 1 aliphatic carbocycles. The second-order valence-corrected chi connectivity index (χ2v) is 13.1. The van der Waals surface area contributed by atoms with Gasteiger partial charge in [-0.25, -0.2) is 0 Å². The first-order chi connectivity index (χ1) is 11.2. The van der Waals surface area contributed by atoms with Crippen molar-refractivity contribution in [1.82, 2.24) is 5.16 Å². The van der Waals surface area contributed by atoms with Gasteiger partial charge in [-0.1, -0.05) is 25.9 Å². The van der Waals surface area contributed by atoms with Crippen LogP contribution in [0.15, 0.2) is 34.9 Å². The van der Waals surface area contributed by atoms with Crippen molar-refractivity contribution in [2.24, 2.45) is 0 Å². The van der Waals surface area contributed by atoms with Gasteiger partial charge in [0.1, 0.15) is 17.2 Å². The van der Waals surface area contributed by atoms with E-state index in [1.807, 2.05) is 30.3 Å². The number of hydrogen-bond donors (Lipinski definition) is 1. The van der Waals surface area contributed by atoms with Crippen LogP contribution in [0.3, 0.4) is 0 Å². The van der Waals surface area contributed by atoms with Crippen LogP contribution >= 0.6 is 0 Å². The third-order valence-electron chi connectivity index (χ3n) is 5.52. The van der Waals surface area contributed by atoms with Gasteiger partial charge in [-0.3, -0.25) is 0 Å². The van der Waals surface area contributed by atoms with E-state index in [-0.39, 0.29) is 17.1 Å². The SMILES string of the molecule is CC(C)(C)[Si](C)(C)Oc1ccc(-c2cc(C3(CO)CC3)on2)cc1. The fourth-order valence-electron chi connectivity index (χ4n) is 2.44. The van der Waals surface area contributed by atoms with Gasteiger partial charge in [0.2, 0.25) is 8.32 Å². The van der Waals surface area contributed by atoms with Crippen molar-refractivity contribution >= 4 is 8.32 Å². The lowest BCUT2D eigenvalue weighted by Gasteiger charge is -2.36. The van der Waals surface area contributed by atoms with Gasteiger partial charge >= 0.3 is 0 Å². The number of hydrogen-bond acceptors (Lipinski definition) is 4. The van der Waals surface area contributed by atoms with Crippen molar-refractivity contribution in [1.29, 1.82) is 0 Å². The quantitative estimate of drug-likeness (QED) is 0.795. The topological polar surface area (TPSA) is 55.5 Å². The van der Waals surface area contributed by atoms with E-state index < -0.39 is 8.32 Å². The minimum Gasteiger partial charge on any atom is -0.544 e. The summed E-state index contributed by atoms with van der Waals surface area (Å²) in [5, 5.41) is 13.8. The summed E-state index contributed by atoms with van der Waals surface area (Å²) in [5.74, 6) is 1.70. The average molecular weight is 346 g/mol. The molecule has 0 amide bonds. The largest absolute Gasteiger partial charge is 0.544 e. The van der Waals surface area contributed by atoms with E-state index in [0.717, 1.165) is 35.6 Å². The first kappa shape index (κ1) is 17.2. The summed E-state index contributed by atoms with van der Waals surface area (Å²) in [5.41, 5.74) is 1.63.